The Morgan fingerprint density at radius 3 is 2.89 bits per heavy atom. The molecular formula is C15H20N2O. The van der Waals surface area contributed by atoms with Crippen LogP contribution in [0.2, 0.25) is 0 Å². The van der Waals surface area contributed by atoms with Crippen LogP contribution in [0.3, 0.4) is 0 Å². The molecule has 3 rings (SSSR count). The summed E-state index contributed by atoms with van der Waals surface area (Å²) in [4.78, 5) is 14.5. The zero-order valence-electron chi connectivity index (χ0n) is 10.8. The monoisotopic (exact) mass is 244 g/mol. The fourth-order valence-electron chi connectivity index (χ4n) is 3.43. The van der Waals surface area contributed by atoms with Crippen molar-refractivity contribution in [2.45, 2.75) is 50.7 Å². The lowest BCUT2D eigenvalue weighted by Gasteiger charge is -2.41. The van der Waals surface area contributed by atoms with E-state index in [-0.39, 0.29) is 18.0 Å². The first kappa shape index (κ1) is 11.7. The Kier molecular flexibility index (Phi) is 2.86. The number of nitrogens with two attached hydrogens (primary N) is 1. The molecule has 3 nitrogen and oxygen atoms in total. The fraction of sp³-hybridized carbons (Fsp3) is 0.533. The standard InChI is InChI=1S/C15H20N2O/c1-10-5-4-8-14-12-7-3-2-6-11(12)9-13(16)15(18)17(10)14/h2-3,6-7,10,13-14H,4-5,8-9,16H2,1H3/t10-,13+,14-/m1/s1. The lowest BCUT2D eigenvalue weighted by molar-refractivity contribution is -0.138. The molecule has 2 aliphatic heterocycles. The van der Waals surface area contributed by atoms with Crippen molar-refractivity contribution < 1.29 is 4.79 Å². The third kappa shape index (κ3) is 1.74. The molecule has 1 aromatic carbocycles. The molecule has 2 aliphatic rings. The van der Waals surface area contributed by atoms with Crippen LogP contribution in [0, 0.1) is 0 Å². The quantitative estimate of drug-likeness (QED) is 0.759. The topological polar surface area (TPSA) is 46.3 Å². The van der Waals surface area contributed by atoms with Gasteiger partial charge in [0.15, 0.2) is 0 Å². The summed E-state index contributed by atoms with van der Waals surface area (Å²) in [6.45, 7) is 2.14. The predicted molar refractivity (Wildman–Crippen MR) is 71.0 cm³/mol. The third-order valence-corrected chi connectivity index (χ3v) is 4.34. The fourth-order valence-corrected chi connectivity index (χ4v) is 3.43. The highest BCUT2D eigenvalue weighted by molar-refractivity contribution is 5.83. The van der Waals surface area contributed by atoms with Crippen molar-refractivity contribution >= 4 is 5.91 Å². The summed E-state index contributed by atoms with van der Waals surface area (Å²) in [6.07, 6.45) is 4.03. The highest BCUT2D eigenvalue weighted by Crippen LogP contribution is 2.38. The van der Waals surface area contributed by atoms with E-state index < -0.39 is 0 Å². The third-order valence-electron chi connectivity index (χ3n) is 4.34. The van der Waals surface area contributed by atoms with E-state index in [4.69, 9.17) is 5.73 Å². The van der Waals surface area contributed by atoms with E-state index in [2.05, 4.69) is 25.1 Å². The average Bonchev–Trinajstić information content (AvgIpc) is 2.48. The highest BCUT2D eigenvalue weighted by Gasteiger charge is 2.38. The second kappa shape index (κ2) is 4.39. The van der Waals surface area contributed by atoms with Crippen LogP contribution in [0.4, 0.5) is 0 Å². The van der Waals surface area contributed by atoms with Gasteiger partial charge in [0, 0.05) is 6.04 Å². The maximum atomic E-state index is 12.5. The number of amides is 1. The molecule has 2 heterocycles. The number of hydrogen-bond donors (Lipinski definition) is 1. The molecule has 0 aliphatic carbocycles. The van der Waals surface area contributed by atoms with Crippen LogP contribution in [0.5, 0.6) is 0 Å². The molecule has 0 bridgehead atoms. The second-order valence-electron chi connectivity index (χ2n) is 5.55. The van der Waals surface area contributed by atoms with Gasteiger partial charge in [-0.15, -0.1) is 0 Å². The highest BCUT2D eigenvalue weighted by atomic mass is 16.2. The molecule has 0 aromatic heterocycles. The maximum Gasteiger partial charge on any atom is 0.240 e. The summed E-state index contributed by atoms with van der Waals surface area (Å²) < 4.78 is 0. The lowest BCUT2D eigenvalue weighted by Crippen LogP contribution is -2.50. The molecule has 1 aromatic rings. The minimum absolute atomic E-state index is 0.128. The minimum atomic E-state index is -0.378. The minimum Gasteiger partial charge on any atom is -0.332 e. The Morgan fingerprint density at radius 1 is 1.28 bits per heavy atom. The number of carbonyl (C=O) groups is 1. The van der Waals surface area contributed by atoms with Crippen molar-refractivity contribution in [2.75, 3.05) is 0 Å². The molecule has 3 atom stereocenters. The summed E-state index contributed by atoms with van der Waals surface area (Å²) in [5.74, 6) is 0.128. The Bertz CT molecular complexity index is 471. The van der Waals surface area contributed by atoms with E-state index in [9.17, 15) is 4.79 Å². The number of carbonyl (C=O) groups excluding carboxylic acids is 1. The number of benzene rings is 1. The summed E-state index contributed by atoms with van der Waals surface area (Å²) in [5, 5.41) is 0. The number of hydrogen-bond acceptors (Lipinski definition) is 2. The van der Waals surface area contributed by atoms with Crippen molar-refractivity contribution in [3.63, 3.8) is 0 Å². The Hall–Kier alpha value is -1.35. The predicted octanol–water partition coefficient (Wildman–Crippen LogP) is 2.01. The van der Waals surface area contributed by atoms with E-state index in [0.717, 1.165) is 12.8 Å². The van der Waals surface area contributed by atoms with Gasteiger partial charge < -0.3 is 10.6 Å². The van der Waals surface area contributed by atoms with E-state index in [1.165, 1.54) is 17.5 Å². The number of rotatable bonds is 0. The van der Waals surface area contributed by atoms with Gasteiger partial charge in [0.2, 0.25) is 5.91 Å². The number of fused-ring (bicyclic) bond motifs is 3. The van der Waals surface area contributed by atoms with Crippen LogP contribution < -0.4 is 5.73 Å². The first-order chi connectivity index (χ1) is 8.68. The number of nitrogens with zero attached hydrogens (tertiary/aromatic N) is 1. The average molecular weight is 244 g/mol. The van der Waals surface area contributed by atoms with E-state index in [0.29, 0.717) is 12.5 Å². The van der Waals surface area contributed by atoms with Crippen molar-refractivity contribution in [1.29, 1.82) is 0 Å². The van der Waals surface area contributed by atoms with Crippen LogP contribution in [0.1, 0.15) is 43.4 Å². The van der Waals surface area contributed by atoms with Gasteiger partial charge in [-0.2, -0.15) is 0 Å². The van der Waals surface area contributed by atoms with E-state index >= 15 is 0 Å². The smallest absolute Gasteiger partial charge is 0.240 e. The zero-order valence-corrected chi connectivity index (χ0v) is 10.8. The van der Waals surface area contributed by atoms with Crippen LogP contribution >= 0.6 is 0 Å². The van der Waals surface area contributed by atoms with E-state index in [1.54, 1.807) is 0 Å². The van der Waals surface area contributed by atoms with Crippen molar-refractivity contribution in [3.05, 3.63) is 35.4 Å². The molecule has 3 heteroatoms. The van der Waals surface area contributed by atoms with Crippen molar-refractivity contribution in [1.82, 2.24) is 4.90 Å². The van der Waals surface area contributed by atoms with Gasteiger partial charge in [-0.3, -0.25) is 4.79 Å². The number of piperidine rings is 1. The second-order valence-corrected chi connectivity index (χ2v) is 5.55. The Morgan fingerprint density at radius 2 is 2.06 bits per heavy atom. The molecule has 18 heavy (non-hydrogen) atoms. The largest absolute Gasteiger partial charge is 0.332 e. The lowest BCUT2D eigenvalue weighted by atomic mass is 9.90. The first-order valence-electron chi connectivity index (χ1n) is 6.84. The first-order valence-corrected chi connectivity index (χ1v) is 6.84. The Labute approximate surface area is 108 Å². The maximum absolute atomic E-state index is 12.5. The van der Waals surface area contributed by atoms with Crippen LogP contribution in [0.15, 0.2) is 24.3 Å². The molecule has 0 saturated carbocycles. The van der Waals surface area contributed by atoms with E-state index in [1.807, 2.05) is 11.0 Å². The summed E-state index contributed by atoms with van der Waals surface area (Å²) >= 11 is 0. The van der Waals surface area contributed by atoms with Crippen LogP contribution in [-0.4, -0.2) is 22.9 Å². The summed E-state index contributed by atoms with van der Waals surface area (Å²) in [6, 6.07) is 8.56. The molecule has 1 fully saturated rings. The zero-order chi connectivity index (χ0) is 12.7. The van der Waals surface area contributed by atoms with Gasteiger partial charge in [0.1, 0.15) is 0 Å². The molecule has 1 amide bonds. The van der Waals surface area contributed by atoms with Gasteiger partial charge in [-0.05, 0) is 43.7 Å². The van der Waals surface area contributed by atoms with Crippen molar-refractivity contribution in [3.8, 4) is 0 Å². The molecule has 96 valence electrons. The van der Waals surface area contributed by atoms with Crippen LogP contribution in [0.25, 0.3) is 0 Å². The summed E-state index contributed by atoms with van der Waals surface area (Å²) in [7, 11) is 0. The van der Waals surface area contributed by atoms with Gasteiger partial charge in [0.05, 0.1) is 12.1 Å². The Balaban J connectivity index is 2.10. The van der Waals surface area contributed by atoms with Crippen molar-refractivity contribution in [2.24, 2.45) is 5.73 Å². The van der Waals surface area contributed by atoms with Gasteiger partial charge in [-0.25, -0.2) is 0 Å². The SMILES string of the molecule is C[C@@H]1CCC[C@@H]2c3ccccc3C[C@H](N)C(=O)N12. The van der Waals surface area contributed by atoms with Crippen LogP contribution in [-0.2, 0) is 11.2 Å². The normalized spacial score (nSPS) is 31.6. The van der Waals surface area contributed by atoms with Gasteiger partial charge >= 0.3 is 0 Å². The molecule has 2 N–H and O–H groups in total. The van der Waals surface area contributed by atoms with Gasteiger partial charge in [-0.1, -0.05) is 24.3 Å². The molecule has 0 radical (unpaired) electrons. The molecule has 0 spiro atoms. The van der Waals surface area contributed by atoms with Gasteiger partial charge in [0.25, 0.3) is 0 Å². The molecule has 0 unspecified atom stereocenters. The molecule has 1 saturated heterocycles. The summed E-state index contributed by atoms with van der Waals surface area (Å²) in [5.41, 5.74) is 8.63. The molecular weight excluding hydrogens is 224 g/mol.